The van der Waals surface area contributed by atoms with Crippen LogP contribution in [0.2, 0.25) is 0 Å². The van der Waals surface area contributed by atoms with Crippen LogP contribution in [0.1, 0.15) is 30.4 Å². The van der Waals surface area contributed by atoms with Crippen LogP contribution in [0.3, 0.4) is 0 Å². The van der Waals surface area contributed by atoms with E-state index in [9.17, 15) is 10.1 Å². The van der Waals surface area contributed by atoms with Crippen LogP contribution in [0, 0.1) is 17.0 Å². The average Bonchev–Trinajstić information content (AvgIpc) is 2.73. The van der Waals surface area contributed by atoms with Gasteiger partial charge in [0.05, 0.1) is 17.6 Å². The van der Waals surface area contributed by atoms with Gasteiger partial charge in [-0.25, -0.2) is 0 Å². The first-order valence-electron chi connectivity index (χ1n) is 6.19. The van der Waals surface area contributed by atoms with Crippen molar-refractivity contribution in [3.05, 3.63) is 39.4 Å². The van der Waals surface area contributed by atoms with Crippen LogP contribution in [0.5, 0.6) is 0 Å². The Morgan fingerprint density at radius 2 is 2.28 bits per heavy atom. The third kappa shape index (κ3) is 2.68. The fourth-order valence-corrected chi connectivity index (χ4v) is 2.38. The second-order valence-electron chi connectivity index (χ2n) is 4.76. The smallest absolute Gasteiger partial charge is 0.272 e. The van der Waals surface area contributed by atoms with Gasteiger partial charge in [-0.05, 0) is 31.7 Å². The highest BCUT2D eigenvalue weighted by Gasteiger charge is 2.25. The van der Waals surface area contributed by atoms with Crippen LogP contribution in [0.15, 0.2) is 18.2 Å². The van der Waals surface area contributed by atoms with E-state index in [1.807, 2.05) is 6.07 Å². The lowest BCUT2D eigenvalue weighted by Gasteiger charge is -2.17. The van der Waals surface area contributed by atoms with Crippen molar-refractivity contribution < 1.29 is 9.66 Å². The summed E-state index contributed by atoms with van der Waals surface area (Å²) in [5.74, 6) is 0. The van der Waals surface area contributed by atoms with Crippen LogP contribution in [0.25, 0.3) is 0 Å². The standard InChI is InChI=1S/C13H18N2O3/c1-9-10(4-2-6-12(9)15(16)17)8-18-13-7-3-5-11(13)14/h2,4,6,11,13H,3,5,7-8,14H2,1H3. The SMILES string of the molecule is Cc1c(COC2CCCC2N)cccc1[N+](=O)[O-]. The van der Waals surface area contributed by atoms with E-state index in [0.717, 1.165) is 24.8 Å². The van der Waals surface area contributed by atoms with Gasteiger partial charge < -0.3 is 10.5 Å². The van der Waals surface area contributed by atoms with Gasteiger partial charge >= 0.3 is 0 Å². The van der Waals surface area contributed by atoms with Gasteiger partial charge in [0.1, 0.15) is 0 Å². The Morgan fingerprint density at radius 3 is 2.89 bits per heavy atom. The molecule has 2 N–H and O–H groups in total. The number of nitro groups is 1. The van der Waals surface area contributed by atoms with Crippen molar-refractivity contribution in [2.75, 3.05) is 0 Å². The molecule has 0 radical (unpaired) electrons. The van der Waals surface area contributed by atoms with Crippen molar-refractivity contribution in [1.82, 2.24) is 0 Å². The molecule has 1 aromatic carbocycles. The molecular weight excluding hydrogens is 232 g/mol. The molecule has 2 rings (SSSR count). The molecule has 0 amide bonds. The number of hydrogen-bond acceptors (Lipinski definition) is 4. The van der Waals surface area contributed by atoms with Crippen LogP contribution in [-0.4, -0.2) is 17.1 Å². The summed E-state index contributed by atoms with van der Waals surface area (Å²) in [6.45, 7) is 2.15. The first-order chi connectivity index (χ1) is 8.59. The molecule has 1 aromatic rings. The molecule has 1 fully saturated rings. The number of benzene rings is 1. The maximum atomic E-state index is 10.8. The number of nitrogens with zero attached hydrogens (tertiary/aromatic N) is 1. The second-order valence-corrected chi connectivity index (χ2v) is 4.76. The van der Waals surface area contributed by atoms with Gasteiger partial charge in [-0.3, -0.25) is 10.1 Å². The summed E-state index contributed by atoms with van der Waals surface area (Å²) in [6, 6.07) is 5.17. The highest BCUT2D eigenvalue weighted by atomic mass is 16.6. The topological polar surface area (TPSA) is 78.4 Å². The van der Waals surface area contributed by atoms with E-state index in [1.165, 1.54) is 6.07 Å². The van der Waals surface area contributed by atoms with E-state index in [0.29, 0.717) is 12.2 Å². The summed E-state index contributed by atoms with van der Waals surface area (Å²) in [5, 5.41) is 10.8. The maximum absolute atomic E-state index is 10.8. The highest BCUT2D eigenvalue weighted by Crippen LogP contribution is 2.25. The van der Waals surface area contributed by atoms with Gasteiger partial charge in [0, 0.05) is 17.7 Å². The predicted octanol–water partition coefficient (Wildman–Crippen LogP) is 2.30. The van der Waals surface area contributed by atoms with E-state index in [2.05, 4.69) is 0 Å². The molecule has 2 atom stereocenters. The molecule has 5 nitrogen and oxygen atoms in total. The van der Waals surface area contributed by atoms with Gasteiger partial charge in [0.2, 0.25) is 0 Å². The van der Waals surface area contributed by atoms with E-state index < -0.39 is 0 Å². The Morgan fingerprint density at radius 1 is 1.50 bits per heavy atom. The Labute approximate surface area is 106 Å². The lowest BCUT2D eigenvalue weighted by Crippen LogP contribution is -2.31. The molecule has 0 aromatic heterocycles. The first kappa shape index (κ1) is 13.0. The minimum absolute atomic E-state index is 0.0867. The Hall–Kier alpha value is -1.46. The summed E-state index contributed by atoms with van der Waals surface area (Å²) in [4.78, 5) is 10.5. The molecule has 1 aliphatic rings. The van der Waals surface area contributed by atoms with E-state index >= 15 is 0 Å². The van der Waals surface area contributed by atoms with Crippen molar-refractivity contribution >= 4 is 5.69 Å². The summed E-state index contributed by atoms with van der Waals surface area (Å²) in [6.07, 6.45) is 3.16. The zero-order valence-electron chi connectivity index (χ0n) is 10.5. The van der Waals surface area contributed by atoms with E-state index in [-0.39, 0.29) is 22.8 Å². The second kappa shape index (κ2) is 5.46. The number of nitro benzene ring substituents is 1. The Bertz CT molecular complexity index is 448. The van der Waals surface area contributed by atoms with E-state index in [1.54, 1.807) is 13.0 Å². The first-order valence-corrected chi connectivity index (χ1v) is 6.19. The molecule has 18 heavy (non-hydrogen) atoms. The third-order valence-corrected chi connectivity index (χ3v) is 3.57. The lowest BCUT2D eigenvalue weighted by atomic mass is 10.1. The van der Waals surface area contributed by atoms with Crippen molar-refractivity contribution in [2.45, 2.75) is 44.9 Å². The van der Waals surface area contributed by atoms with Gasteiger partial charge in [-0.15, -0.1) is 0 Å². The van der Waals surface area contributed by atoms with Gasteiger partial charge in [-0.1, -0.05) is 12.1 Å². The van der Waals surface area contributed by atoms with Gasteiger partial charge in [0.25, 0.3) is 5.69 Å². The minimum Gasteiger partial charge on any atom is -0.372 e. The molecule has 98 valence electrons. The molecule has 0 spiro atoms. The molecule has 2 unspecified atom stereocenters. The molecular formula is C13H18N2O3. The zero-order chi connectivity index (χ0) is 13.1. The third-order valence-electron chi connectivity index (χ3n) is 3.57. The fourth-order valence-electron chi connectivity index (χ4n) is 2.38. The average molecular weight is 250 g/mol. The number of ether oxygens (including phenoxy) is 1. The van der Waals surface area contributed by atoms with Crippen LogP contribution in [-0.2, 0) is 11.3 Å². The maximum Gasteiger partial charge on any atom is 0.272 e. The van der Waals surface area contributed by atoms with Gasteiger partial charge in [-0.2, -0.15) is 0 Å². The molecule has 1 aliphatic carbocycles. The number of hydrogen-bond donors (Lipinski definition) is 1. The molecule has 1 saturated carbocycles. The summed E-state index contributed by atoms with van der Waals surface area (Å²) >= 11 is 0. The largest absolute Gasteiger partial charge is 0.372 e. The zero-order valence-corrected chi connectivity index (χ0v) is 10.5. The summed E-state index contributed by atoms with van der Waals surface area (Å²) in [7, 11) is 0. The minimum atomic E-state index is -0.361. The van der Waals surface area contributed by atoms with Crippen LogP contribution in [0.4, 0.5) is 5.69 Å². The normalized spacial score (nSPS) is 23.2. The van der Waals surface area contributed by atoms with Crippen molar-refractivity contribution in [3.8, 4) is 0 Å². The van der Waals surface area contributed by atoms with Crippen molar-refractivity contribution in [1.29, 1.82) is 0 Å². The van der Waals surface area contributed by atoms with Crippen molar-refractivity contribution in [2.24, 2.45) is 5.73 Å². The van der Waals surface area contributed by atoms with Crippen LogP contribution >= 0.6 is 0 Å². The van der Waals surface area contributed by atoms with Crippen LogP contribution < -0.4 is 5.73 Å². The van der Waals surface area contributed by atoms with E-state index in [4.69, 9.17) is 10.5 Å². The Balaban J connectivity index is 2.05. The predicted molar refractivity (Wildman–Crippen MR) is 68.2 cm³/mol. The molecule has 0 heterocycles. The molecule has 5 heteroatoms. The number of rotatable bonds is 4. The van der Waals surface area contributed by atoms with Gasteiger partial charge in [0.15, 0.2) is 0 Å². The monoisotopic (exact) mass is 250 g/mol. The highest BCUT2D eigenvalue weighted by molar-refractivity contribution is 5.44. The summed E-state index contributed by atoms with van der Waals surface area (Å²) < 4.78 is 5.77. The quantitative estimate of drug-likeness (QED) is 0.657. The summed E-state index contributed by atoms with van der Waals surface area (Å²) in [5.41, 5.74) is 7.61. The van der Waals surface area contributed by atoms with Crippen molar-refractivity contribution in [3.63, 3.8) is 0 Å². The molecule has 0 aliphatic heterocycles. The number of nitrogens with two attached hydrogens (primary N) is 1. The Kier molecular flexibility index (Phi) is 3.93. The molecule has 0 bridgehead atoms. The lowest BCUT2D eigenvalue weighted by molar-refractivity contribution is -0.385. The molecule has 0 saturated heterocycles. The fraction of sp³-hybridized carbons (Fsp3) is 0.538.